The summed E-state index contributed by atoms with van der Waals surface area (Å²) in [5.41, 5.74) is -0.0595. The molecule has 4 heteroatoms. The Kier molecular flexibility index (Phi) is 5.12. The Hall–Kier alpha value is -0.610. The number of esters is 1. The van der Waals surface area contributed by atoms with Gasteiger partial charge in [-0.3, -0.25) is 4.79 Å². The molecule has 0 amide bonds. The molecule has 4 fully saturated rings. The SMILES string of the molecule is CCC(C)(C)C(=O)OC1CC2CC1C1(C2)CC2CC1C(CCO)C2CCO. The lowest BCUT2D eigenvalue weighted by atomic mass is 9.57. The molecule has 2 N–H and O–H groups in total. The predicted octanol–water partition coefficient (Wildman–Crippen LogP) is 3.79. The van der Waals surface area contributed by atoms with Crippen molar-refractivity contribution >= 4 is 5.97 Å². The third-order valence-corrected chi connectivity index (χ3v) is 9.24. The van der Waals surface area contributed by atoms with Crippen molar-refractivity contribution in [2.24, 2.45) is 46.3 Å². The molecule has 8 atom stereocenters. The molecule has 4 aliphatic rings. The third kappa shape index (κ3) is 2.97. The van der Waals surface area contributed by atoms with E-state index in [0.29, 0.717) is 40.9 Å². The number of hydrogen-bond donors (Lipinski definition) is 2. The van der Waals surface area contributed by atoms with E-state index in [1.165, 1.54) is 25.7 Å². The minimum atomic E-state index is -0.394. The van der Waals surface area contributed by atoms with Crippen molar-refractivity contribution in [2.45, 2.75) is 78.2 Å². The molecule has 0 aromatic heterocycles. The van der Waals surface area contributed by atoms with E-state index >= 15 is 0 Å². The molecule has 4 rings (SSSR count). The molecule has 4 bridgehead atoms. The molecule has 0 aromatic rings. The van der Waals surface area contributed by atoms with Gasteiger partial charge < -0.3 is 14.9 Å². The summed E-state index contributed by atoms with van der Waals surface area (Å²) in [4.78, 5) is 12.7. The highest BCUT2D eigenvalue weighted by Crippen LogP contribution is 2.73. The lowest BCUT2D eigenvalue weighted by Gasteiger charge is -2.49. The van der Waals surface area contributed by atoms with Crippen LogP contribution in [-0.4, -0.2) is 35.5 Å². The maximum absolute atomic E-state index is 12.7. The number of aliphatic hydroxyl groups is 2. The molecule has 4 aliphatic carbocycles. The third-order valence-electron chi connectivity index (χ3n) is 9.24. The predicted molar refractivity (Wildman–Crippen MR) is 104 cm³/mol. The van der Waals surface area contributed by atoms with Gasteiger partial charge in [0, 0.05) is 19.1 Å². The van der Waals surface area contributed by atoms with Crippen LogP contribution in [0.3, 0.4) is 0 Å². The second-order valence-electron chi connectivity index (χ2n) is 10.7. The van der Waals surface area contributed by atoms with E-state index in [1.807, 2.05) is 13.8 Å². The van der Waals surface area contributed by atoms with Crippen molar-refractivity contribution in [3.8, 4) is 0 Å². The van der Waals surface area contributed by atoms with Crippen LogP contribution in [0, 0.1) is 46.3 Å². The Labute approximate surface area is 164 Å². The quantitative estimate of drug-likeness (QED) is 0.662. The van der Waals surface area contributed by atoms with E-state index in [1.54, 1.807) is 0 Å². The van der Waals surface area contributed by atoms with E-state index in [4.69, 9.17) is 4.74 Å². The van der Waals surface area contributed by atoms with E-state index in [2.05, 4.69) is 6.92 Å². The van der Waals surface area contributed by atoms with Crippen molar-refractivity contribution in [2.75, 3.05) is 13.2 Å². The standard InChI is InChI=1S/C23H38O4/c1-4-22(2,3)21(26)27-20-10-14-9-19(20)23(12-14)13-15-11-18(23)17(6-8-25)16(15)5-7-24/h14-20,24-25H,4-13H2,1-3H3. The minimum Gasteiger partial charge on any atom is -0.462 e. The van der Waals surface area contributed by atoms with Gasteiger partial charge in [-0.05, 0) is 100 Å². The van der Waals surface area contributed by atoms with Crippen LogP contribution < -0.4 is 0 Å². The average Bonchev–Trinajstić information content (AvgIpc) is 3.36. The van der Waals surface area contributed by atoms with Crippen molar-refractivity contribution in [1.82, 2.24) is 0 Å². The summed E-state index contributed by atoms with van der Waals surface area (Å²) in [6.45, 7) is 6.56. The molecule has 8 unspecified atom stereocenters. The van der Waals surface area contributed by atoms with Gasteiger partial charge >= 0.3 is 5.97 Å². The first-order chi connectivity index (χ1) is 12.9. The molecule has 154 valence electrons. The summed E-state index contributed by atoms with van der Waals surface area (Å²) in [6, 6.07) is 0. The number of fused-ring (bicyclic) bond motifs is 6. The summed E-state index contributed by atoms with van der Waals surface area (Å²) in [7, 11) is 0. The van der Waals surface area contributed by atoms with Gasteiger partial charge in [-0.1, -0.05) is 6.92 Å². The van der Waals surface area contributed by atoms with Crippen LogP contribution in [0.5, 0.6) is 0 Å². The fraction of sp³-hybridized carbons (Fsp3) is 0.957. The van der Waals surface area contributed by atoms with E-state index in [-0.39, 0.29) is 25.3 Å². The highest BCUT2D eigenvalue weighted by Gasteiger charge is 2.68. The molecule has 1 spiro atoms. The summed E-state index contributed by atoms with van der Waals surface area (Å²) in [6.07, 6.45) is 8.78. The Morgan fingerprint density at radius 2 is 1.74 bits per heavy atom. The first-order valence-electron chi connectivity index (χ1n) is 11.3. The lowest BCUT2D eigenvalue weighted by molar-refractivity contribution is -0.167. The Balaban J connectivity index is 1.52. The number of carbonyl (C=O) groups excluding carboxylic acids is 1. The number of carbonyl (C=O) groups is 1. The monoisotopic (exact) mass is 378 g/mol. The molecular formula is C23H38O4. The highest BCUT2D eigenvalue weighted by atomic mass is 16.5. The molecule has 4 nitrogen and oxygen atoms in total. The fourth-order valence-corrected chi connectivity index (χ4v) is 7.82. The van der Waals surface area contributed by atoms with Crippen molar-refractivity contribution in [3.05, 3.63) is 0 Å². The number of aliphatic hydroxyl groups excluding tert-OH is 2. The van der Waals surface area contributed by atoms with Gasteiger partial charge in [0.05, 0.1) is 5.41 Å². The molecule has 27 heavy (non-hydrogen) atoms. The van der Waals surface area contributed by atoms with E-state index in [9.17, 15) is 15.0 Å². The average molecular weight is 379 g/mol. The molecular weight excluding hydrogens is 340 g/mol. The number of ether oxygens (including phenoxy) is 1. The van der Waals surface area contributed by atoms with E-state index in [0.717, 1.165) is 25.7 Å². The molecule has 0 aliphatic heterocycles. The smallest absolute Gasteiger partial charge is 0.311 e. The highest BCUT2D eigenvalue weighted by molar-refractivity contribution is 5.76. The van der Waals surface area contributed by atoms with Crippen LogP contribution in [0.25, 0.3) is 0 Å². The number of rotatable bonds is 7. The van der Waals surface area contributed by atoms with Gasteiger partial charge in [0.2, 0.25) is 0 Å². The Morgan fingerprint density at radius 3 is 2.37 bits per heavy atom. The summed E-state index contributed by atoms with van der Waals surface area (Å²) in [5.74, 6) is 3.68. The van der Waals surface area contributed by atoms with E-state index < -0.39 is 5.41 Å². The maximum Gasteiger partial charge on any atom is 0.311 e. The molecule has 0 heterocycles. The minimum absolute atomic E-state index is 0.0223. The topological polar surface area (TPSA) is 66.8 Å². The number of hydrogen-bond acceptors (Lipinski definition) is 4. The van der Waals surface area contributed by atoms with Gasteiger partial charge in [0.1, 0.15) is 6.10 Å². The molecule has 0 saturated heterocycles. The molecule has 4 saturated carbocycles. The van der Waals surface area contributed by atoms with Gasteiger partial charge in [0.15, 0.2) is 0 Å². The lowest BCUT2D eigenvalue weighted by Crippen LogP contribution is -2.47. The van der Waals surface area contributed by atoms with Gasteiger partial charge in [0.25, 0.3) is 0 Å². The Morgan fingerprint density at radius 1 is 1.04 bits per heavy atom. The van der Waals surface area contributed by atoms with Crippen LogP contribution in [-0.2, 0) is 9.53 Å². The summed E-state index contributed by atoms with van der Waals surface area (Å²) >= 11 is 0. The first-order valence-corrected chi connectivity index (χ1v) is 11.3. The van der Waals surface area contributed by atoms with Crippen LogP contribution >= 0.6 is 0 Å². The maximum atomic E-state index is 12.7. The Bertz CT molecular complexity index is 573. The first kappa shape index (κ1) is 19.7. The van der Waals surface area contributed by atoms with Crippen LogP contribution in [0.1, 0.15) is 72.1 Å². The zero-order valence-electron chi connectivity index (χ0n) is 17.3. The fourth-order valence-electron chi connectivity index (χ4n) is 7.82. The van der Waals surface area contributed by atoms with Gasteiger partial charge in [-0.25, -0.2) is 0 Å². The van der Waals surface area contributed by atoms with Crippen molar-refractivity contribution in [3.63, 3.8) is 0 Å². The van der Waals surface area contributed by atoms with Gasteiger partial charge in [-0.2, -0.15) is 0 Å². The van der Waals surface area contributed by atoms with Crippen molar-refractivity contribution < 1.29 is 19.7 Å². The largest absolute Gasteiger partial charge is 0.462 e. The zero-order valence-corrected chi connectivity index (χ0v) is 17.3. The van der Waals surface area contributed by atoms with Crippen LogP contribution in [0.15, 0.2) is 0 Å². The summed E-state index contributed by atoms with van der Waals surface area (Å²) in [5, 5.41) is 19.2. The van der Waals surface area contributed by atoms with Crippen LogP contribution in [0.4, 0.5) is 0 Å². The molecule has 0 radical (unpaired) electrons. The zero-order chi connectivity index (χ0) is 19.4. The molecule has 0 aromatic carbocycles. The van der Waals surface area contributed by atoms with Crippen LogP contribution in [0.2, 0.25) is 0 Å². The second-order valence-corrected chi connectivity index (χ2v) is 10.7. The second kappa shape index (κ2) is 7.02. The summed E-state index contributed by atoms with van der Waals surface area (Å²) < 4.78 is 6.14. The normalized spacial score (nSPS) is 45.1. The van der Waals surface area contributed by atoms with Crippen molar-refractivity contribution in [1.29, 1.82) is 0 Å². The van der Waals surface area contributed by atoms with Gasteiger partial charge in [-0.15, -0.1) is 0 Å².